The molecule has 76 valence electrons. The van der Waals surface area contributed by atoms with E-state index in [4.69, 9.17) is 4.74 Å². The normalized spacial score (nSPS) is 19.1. The summed E-state index contributed by atoms with van der Waals surface area (Å²) in [5.41, 5.74) is 0.537. The Labute approximate surface area is 86.5 Å². The molecule has 1 heterocycles. The SMILES string of the molecule is Fc1ccc(C2(CS)COC2)cc1F. The fraction of sp³-hybridized carbons (Fsp3) is 0.400. The fourth-order valence-electron chi connectivity index (χ4n) is 1.52. The van der Waals surface area contributed by atoms with E-state index in [9.17, 15) is 8.78 Å². The van der Waals surface area contributed by atoms with Gasteiger partial charge in [0.05, 0.1) is 18.6 Å². The first kappa shape index (κ1) is 9.93. The molecule has 1 aliphatic heterocycles. The predicted molar refractivity (Wildman–Crippen MR) is 52.7 cm³/mol. The zero-order valence-corrected chi connectivity index (χ0v) is 8.36. The van der Waals surface area contributed by atoms with Crippen molar-refractivity contribution in [2.45, 2.75) is 5.41 Å². The molecule has 14 heavy (non-hydrogen) atoms. The maximum absolute atomic E-state index is 13.0. The lowest BCUT2D eigenvalue weighted by atomic mass is 9.80. The van der Waals surface area contributed by atoms with Gasteiger partial charge in [0.25, 0.3) is 0 Å². The van der Waals surface area contributed by atoms with Crippen molar-refractivity contribution in [3.8, 4) is 0 Å². The molecular weight excluding hydrogens is 206 g/mol. The van der Waals surface area contributed by atoms with Gasteiger partial charge in [0.15, 0.2) is 11.6 Å². The Balaban J connectivity index is 2.36. The van der Waals surface area contributed by atoms with Gasteiger partial charge in [-0.2, -0.15) is 12.6 Å². The third kappa shape index (κ3) is 1.42. The van der Waals surface area contributed by atoms with Crippen LogP contribution < -0.4 is 0 Å². The standard InChI is InChI=1S/C10H10F2OS/c11-8-2-1-7(3-9(8)12)10(6-14)4-13-5-10/h1-3,14H,4-6H2. The third-order valence-corrected chi connectivity index (χ3v) is 3.20. The first-order valence-electron chi connectivity index (χ1n) is 4.32. The van der Waals surface area contributed by atoms with Gasteiger partial charge in [0.2, 0.25) is 0 Å². The number of thiol groups is 1. The minimum atomic E-state index is -0.816. The van der Waals surface area contributed by atoms with Crippen LogP contribution in [0.4, 0.5) is 8.78 Å². The van der Waals surface area contributed by atoms with E-state index in [1.807, 2.05) is 0 Å². The smallest absolute Gasteiger partial charge is 0.159 e. The summed E-state index contributed by atoms with van der Waals surface area (Å²) in [6.07, 6.45) is 0. The van der Waals surface area contributed by atoms with Gasteiger partial charge < -0.3 is 4.74 Å². The molecule has 0 saturated carbocycles. The number of rotatable bonds is 2. The number of hydrogen-bond acceptors (Lipinski definition) is 2. The molecule has 0 amide bonds. The van der Waals surface area contributed by atoms with E-state index in [1.165, 1.54) is 6.07 Å². The van der Waals surface area contributed by atoms with Crippen molar-refractivity contribution in [1.82, 2.24) is 0 Å². The Morgan fingerprint density at radius 1 is 1.29 bits per heavy atom. The van der Waals surface area contributed by atoms with Crippen LogP contribution in [0.25, 0.3) is 0 Å². The van der Waals surface area contributed by atoms with Crippen LogP contribution in [-0.4, -0.2) is 19.0 Å². The Kier molecular flexibility index (Phi) is 2.49. The number of hydrogen-bond donors (Lipinski definition) is 1. The van der Waals surface area contributed by atoms with Gasteiger partial charge in [-0.1, -0.05) is 6.07 Å². The van der Waals surface area contributed by atoms with Crippen molar-refractivity contribution in [3.63, 3.8) is 0 Å². The summed E-state index contributed by atoms with van der Waals surface area (Å²) in [6, 6.07) is 3.97. The molecule has 0 spiro atoms. The minimum Gasteiger partial charge on any atom is -0.379 e. The van der Waals surface area contributed by atoms with E-state index in [0.717, 1.165) is 11.6 Å². The first-order valence-corrected chi connectivity index (χ1v) is 4.95. The van der Waals surface area contributed by atoms with E-state index < -0.39 is 11.6 Å². The maximum atomic E-state index is 13.0. The molecule has 1 nitrogen and oxygen atoms in total. The molecule has 0 unspecified atom stereocenters. The van der Waals surface area contributed by atoms with Crippen molar-refractivity contribution >= 4 is 12.6 Å². The van der Waals surface area contributed by atoms with Gasteiger partial charge in [0.1, 0.15) is 0 Å². The van der Waals surface area contributed by atoms with Crippen LogP contribution in [0.3, 0.4) is 0 Å². The average Bonchev–Trinajstić information content (AvgIpc) is 2.10. The molecule has 0 bridgehead atoms. The van der Waals surface area contributed by atoms with Crippen LogP contribution in [0.2, 0.25) is 0 Å². The lowest BCUT2D eigenvalue weighted by Gasteiger charge is -2.40. The quantitative estimate of drug-likeness (QED) is 0.745. The predicted octanol–water partition coefficient (Wildman–Crippen LogP) is 2.16. The van der Waals surface area contributed by atoms with Gasteiger partial charge >= 0.3 is 0 Å². The zero-order valence-electron chi connectivity index (χ0n) is 7.46. The summed E-state index contributed by atoms with van der Waals surface area (Å²) in [5.74, 6) is -1.04. The molecule has 1 saturated heterocycles. The molecule has 1 aromatic rings. The van der Waals surface area contributed by atoms with Gasteiger partial charge in [-0.25, -0.2) is 8.78 Å². The maximum Gasteiger partial charge on any atom is 0.159 e. The van der Waals surface area contributed by atoms with Crippen LogP contribution in [0.15, 0.2) is 18.2 Å². The lowest BCUT2D eigenvalue weighted by Crippen LogP contribution is -2.48. The molecule has 0 aliphatic carbocycles. The number of halogens is 2. The monoisotopic (exact) mass is 216 g/mol. The molecule has 0 atom stereocenters. The summed E-state index contributed by atoms with van der Waals surface area (Å²) < 4.78 is 30.7. The highest BCUT2D eigenvalue weighted by Crippen LogP contribution is 2.33. The van der Waals surface area contributed by atoms with Crippen LogP contribution in [0.5, 0.6) is 0 Å². The average molecular weight is 216 g/mol. The van der Waals surface area contributed by atoms with E-state index >= 15 is 0 Å². The second kappa shape index (κ2) is 3.51. The molecule has 1 aliphatic rings. The van der Waals surface area contributed by atoms with E-state index in [1.54, 1.807) is 6.07 Å². The molecule has 2 rings (SSSR count). The Hall–Kier alpha value is -0.610. The molecule has 1 aromatic carbocycles. The van der Waals surface area contributed by atoms with Crippen molar-refractivity contribution in [2.24, 2.45) is 0 Å². The summed E-state index contributed by atoms with van der Waals surface area (Å²) >= 11 is 4.21. The summed E-state index contributed by atoms with van der Waals surface area (Å²) in [4.78, 5) is 0. The van der Waals surface area contributed by atoms with Crippen molar-refractivity contribution < 1.29 is 13.5 Å². The Bertz CT molecular complexity index is 344. The first-order chi connectivity index (χ1) is 6.68. The topological polar surface area (TPSA) is 9.23 Å². The largest absolute Gasteiger partial charge is 0.379 e. The molecule has 1 fully saturated rings. The highest BCUT2D eigenvalue weighted by Gasteiger charge is 2.39. The van der Waals surface area contributed by atoms with E-state index in [2.05, 4.69) is 12.6 Å². The van der Waals surface area contributed by atoms with Gasteiger partial charge in [-0.15, -0.1) is 0 Å². The summed E-state index contributed by atoms with van der Waals surface area (Å²) in [6.45, 7) is 1.06. The molecule has 0 N–H and O–H groups in total. The lowest BCUT2D eigenvalue weighted by molar-refractivity contribution is -0.0472. The van der Waals surface area contributed by atoms with Gasteiger partial charge in [-0.05, 0) is 17.7 Å². The van der Waals surface area contributed by atoms with Gasteiger partial charge in [-0.3, -0.25) is 0 Å². The molecule has 0 radical (unpaired) electrons. The number of ether oxygens (including phenoxy) is 1. The second-order valence-corrected chi connectivity index (χ2v) is 3.88. The van der Waals surface area contributed by atoms with Crippen molar-refractivity contribution in [1.29, 1.82) is 0 Å². The van der Waals surface area contributed by atoms with Crippen LogP contribution in [0.1, 0.15) is 5.56 Å². The summed E-state index contributed by atoms with van der Waals surface area (Å²) in [7, 11) is 0. The molecular formula is C10H10F2OS. The highest BCUT2D eigenvalue weighted by atomic mass is 32.1. The van der Waals surface area contributed by atoms with Crippen LogP contribution in [-0.2, 0) is 10.2 Å². The summed E-state index contributed by atoms with van der Waals surface area (Å²) in [5, 5.41) is 0. The van der Waals surface area contributed by atoms with Crippen LogP contribution >= 0.6 is 12.6 Å². The highest BCUT2D eigenvalue weighted by molar-refractivity contribution is 7.80. The fourth-order valence-corrected chi connectivity index (χ4v) is 1.89. The van der Waals surface area contributed by atoms with Gasteiger partial charge in [0, 0.05) is 5.75 Å². The van der Waals surface area contributed by atoms with Crippen molar-refractivity contribution in [2.75, 3.05) is 19.0 Å². The Morgan fingerprint density at radius 2 is 2.00 bits per heavy atom. The molecule has 4 heteroatoms. The second-order valence-electron chi connectivity index (χ2n) is 3.56. The zero-order chi connectivity index (χ0) is 10.2. The molecule has 0 aromatic heterocycles. The van der Waals surface area contributed by atoms with Crippen LogP contribution in [0, 0.1) is 11.6 Å². The number of benzene rings is 1. The Morgan fingerprint density at radius 3 is 2.43 bits per heavy atom. The minimum absolute atomic E-state index is 0.225. The van der Waals surface area contributed by atoms with E-state index in [0.29, 0.717) is 19.0 Å². The van der Waals surface area contributed by atoms with Crippen molar-refractivity contribution in [3.05, 3.63) is 35.4 Å². The third-order valence-electron chi connectivity index (χ3n) is 2.59. The van der Waals surface area contributed by atoms with E-state index in [-0.39, 0.29) is 5.41 Å².